The van der Waals surface area contributed by atoms with Gasteiger partial charge in [-0.15, -0.1) is 0 Å². The minimum atomic E-state index is -0.279. The van der Waals surface area contributed by atoms with Gasteiger partial charge < -0.3 is 5.73 Å². The molecule has 0 bridgehead atoms. The van der Waals surface area contributed by atoms with Crippen molar-refractivity contribution >= 4 is 32.7 Å². The molecule has 0 amide bonds. The van der Waals surface area contributed by atoms with Gasteiger partial charge in [0.2, 0.25) is 0 Å². The predicted molar refractivity (Wildman–Crippen MR) is 58.6 cm³/mol. The van der Waals surface area contributed by atoms with Gasteiger partial charge in [-0.2, -0.15) is 0 Å². The summed E-state index contributed by atoms with van der Waals surface area (Å²) in [5.74, 6) is 0.155. The van der Waals surface area contributed by atoms with Crippen molar-refractivity contribution in [3.63, 3.8) is 0 Å². The highest BCUT2D eigenvalue weighted by Gasteiger charge is 2.07. The fourth-order valence-electron chi connectivity index (χ4n) is 1.31. The zero-order valence-corrected chi connectivity index (χ0v) is 9.10. The molecular formula is C10H8BrFN2. The van der Waals surface area contributed by atoms with Crippen molar-refractivity contribution in [1.82, 2.24) is 4.98 Å². The Hall–Kier alpha value is -1.16. The molecule has 0 unspecified atom stereocenters. The SMILES string of the molecule is Cc1cc2c(F)ccc(Br)c2nc1N. The molecule has 72 valence electrons. The number of fused-ring (bicyclic) bond motifs is 1. The van der Waals surface area contributed by atoms with Gasteiger partial charge in [-0.1, -0.05) is 0 Å². The highest BCUT2D eigenvalue weighted by molar-refractivity contribution is 9.10. The van der Waals surface area contributed by atoms with Crippen LogP contribution in [0.3, 0.4) is 0 Å². The summed E-state index contributed by atoms with van der Waals surface area (Å²) in [7, 11) is 0. The van der Waals surface area contributed by atoms with Gasteiger partial charge in [-0.3, -0.25) is 0 Å². The number of nitrogen functional groups attached to an aromatic ring is 1. The standard InChI is InChI=1S/C10H8BrFN2/c1-5-4-6-8(12)3-2-7(11)9(6)14-10(5)13/h2-4H,1H3,(H2,13,14). The number of nitrogens with zero attached hydrogens (tertiary/aromatic N) is 1. The van der Waals surface area contributed by atoms with E-state index in [1.165, 1.54) is 6.07 Å². The van der Waals surface area contributed by atoms with E-state index in [2.05, 4.69) is 20.9 Å². The van der Waals surface area contributed by atoms with Crippen molar-refractivity contribution in [2.45, 2.75) is 6.92 Å². The lowest BCUT2D eigenvalue weighted by molar-refractivity contribution is 0.639. The summed E-state index contributed by atoms with van der Waals surface area (Å²) in [5, 5.41) is 0.492. The third kappa shape index (κ3) is 1.35. The summed E-state index contributed by atoms with van der Waals surface area (Å²) in [6, 6.07) is 4.74. The smallest absolute Gasteiger partial charge is 0.132 e. The molecule has 0 saturated heterocycles. The van der Waals surface area contributed by atoms with Crippen molar-refractivity contribution in [3.05, 3.63) is 34.1 Å². The summed E-state index contributed by atoms with van der Waals surface area (Å²) in [6.07, 6.45) is 0. The molecule has 2 rings (SSSR count). The Morgan fingerprint density at radius 1 is 1.43 bits per heavy atom. The Kier molecular flexibility index (Phi) is 2.15. The molecule has 0 fully saturated rings. The number of halogens is 2. The van der Waals surface area contributed by atoms with Gasteiger partial charge in [-0.25, -0.2) is 9.37 Å². The van der Waals surface area contributed by atoms with Crippen LogP contribution in [-0.4, -0.2) is 4.98 Å². The van der Waals surface area contributed by atoms with Crippen LogP contribution in [0, 0.1) is 12.7 Å². The number of aryl methyl sites for hydroxylation is 1. The zero-order valence-electron chi connectivity index (χ0n) is 7.51. The summed E-state index contributed by atoms with van der Waals surface area (Å²) < 4.78 is 14.1. The molecule has 14 heavy (non-hydrogen) atoms. The minimum Gasteiger partial charge on any atom is -0.383 e. The maximum Gasteiger partial charge on any atom is 0.132 e. The van der Waals surface area contributed by atoms with E-state index in [1.807, 2.05) is 6.92 Å². The van der Waals surface area contributed by atoms with Crippen molar-refractivity contribution in [2.24, 2.45) is 0 Å². The number of aromatic nitrogens is 1. The largest absolute Gasteiger partial charge is 0.383 e. The second-order valence-corrected chi connectivity index (χ2v) is 3.97. The fraction of sp³-hybridized carbons (Fsp3) is 0.100. The first-order valence-electron chi connectivity index (χ1n) is 4.10. The Labute approximate surface area is 89.1 Å². The molecule has 1 heterocycles. The van der Waals surface area contributed by atoms with E-state index in [9.17, 15) is 4.39 Å². The number of rotatable bonds is 0. The van der Waals surface area contributed by atoms with Crippen LogP contribution in [0.15, 0.2) is 22.7 Å². The third-order valence-corrected chi connectivity index (χ3v) is 2.75. The highest BCUT2D eigenvalue weighted by atomic mass is 79.9. The average Bonchev–Trinajstić information content (AvgIpc) is 2.15. The number of hydrogen-bond acceptors (Lipinski definition) is 2. The quantitative estimate of drug-likeness (QED) is 0.785. The molecule has 0 aliphatic rings. The molecule has 0 atom stereocenters. The van der Waals surface area contributed by atoms with Crippen LogP contribution in [0.4, 0.5) is 10.2 Å². The Morgan fingerprint density at radius 2 is 2.14 bits per heavy atom. The maximum atomic E-state index is 13.4. The molecule has 0 spiro atoms. The molecule has 0 saturated carbocycles. The molecule has 2 nitrogen and oxygen atoms in total. The fourth-order valence-corrected chi connectivity index (χ4v) is 1.74. The van der Waals surface area contributed by atoms with Crippen LogP contribution in [-0.2, 0) is 0 Å². The number of pyridine rings is 1. The summed E-state index contributed by atoms with van der Waals surface area (Å²) >= 11 is 3.31. The Bertz CT molecular complexity index is 464. The number of anilines is 1. The van der Waals surface area contributed by atoms with Crippen molar-refractivity contribution in [1.29, 1.82) is 0 Å². The second kappa shape index (κ2) is 3.20. The number of hydrogen-bond donors (Lipinski definition) is 1. The molecule has 0 aliphatic heterocycles. The predicted octanol–water partition coefficient (Wildman–Crippen LogP) is 3.03. The monoisotopic (exact) mass is 254 g/mol. The minimum absolute atomic E-state index is 0.279. The summed E-state index contributed by atoms with van der Waals surface area (Å²) in [6.45, 7) is 1.81. The normalized spacial score (nSPS) is 10.8. The van der Waals surface area contributed by atoms with Crippen molar-refractivity contribution < 1.29 is 4.39 Å². The van der Waals surface area contributed by atoms with E-state index in [-0.39, 0.29) is 5.82 Å². The molecule has 1 aromatic heterocycles. The number of benzene rings is 1. The number of nitrogens with two attached hydrogens (primary N) is 1. The van der Waals surface area contributed by atoms with E-state index < -0.39 is 0 Å². The van der Waals surface area contributed by atoms with Crippen LogP contribution >= 0.6 is 15.9 Å². The Balaban J connectivity index is 2.94. The van der Waals surface area contributed by atoms with Gasteiger partial charge in [0.05, 0.1) is 5.52 Å². The van der Waals surface area contributed by atoms with Gasteiger partial charge in [-0.05, 0) is 46.6 Å². The van der Waals surface area contributed by atoms with Crippen molar-refractivity contribution in [3.8, 4) is 0 Å². The van der Waals surface area contributed by atoms with Crippen LogP contribution < -0.4 is 5.73 Å². The summed E-state index contributed by atoms with van der Waals surface area (Å²) in [4.78, 5) is 4.13. The van der Waals surface area contributed by atoms with E-state index >= 15 is 0 Å². The lowest BCUT2D eigenvalue weighted by atomic mass is 10.1. The molecule has 1 aromatic carbocycles. The molecule has 2 N–H and O–H groups in total. The molecule has 0 radical (unpaired) electrons. The first kappa shape index (κ1) is 9.40. The molecular weight excluding hydrogens is 247 g/mol. The lowest BCUT2D eigenvalue weighted by Gasteiger charge is -2.05. The van der Waals surface area contributed by atoms with E-state index in [1.54, 1.807) is 12.1 Å². The highest BCUT2D eigenvalue weighted by Crippen LogP contribution is 2.26. The van der Waals surface area contributed by atoms with E-state index in [4.69, 9.17) is 5.73 Å². The van der Waals surface area contributed by atoms with Crippen LogP contribution in [0.25, 0.3) is 10.9 Å². The lowest BCUT2D eigenvalue weighted by Crippen LogP contribution is -1.96. The van der Waals surface area contributed by atoms with Gasteiger partial charge in [0.1, 0.15) is 11.6 Å². The van der Waals surface area contributed by atoms with Crippen molar-refractivity contribution in [2.75, 3.05) is 5.73 Å². The molecule has 2 aromatic rings. The topological polar surface area (TPSA) is 38.9 Å². The van der Waals surface area contributed by atoms with Gasteiger partial charge in [0.15, 0.2) is 0 Å². The second-order valence-electron chi connectivity index (χ2n) is 3.12. The third-order valence-electron chi connectivity index (χ3n) is 2.11. The van der Waals surface area contributed by atoms with Gasteiger partial charge in [0, 0.05) is 9.86 Å². The average molecular weight is 255 g/mol. The summed E-state index contributed by atoms with van der Waals surface area (Å²) in [5.41, 5.74) is 7.00. The first-order chi connectivity index (χ1) is 6.59. The van der Waals surface area contributed by atoms with Gasteiger partial charge >= 0.3 is 0 Å². The Morgan fingerprint density at radius 3 is 2.86 bits per heavy atom. The van der Waals surface area contributed by atoms with Crippen LogP contribution in [0.5, 0.6) is 0 Å². The molecule has 0 aliphatic carbocycles. The van der Waals surface area contributed by atoms with E-state index in [0.717, 1.165) is 10.0 Å². The zero-order chi connectivity index (χ0) is 10.3. The maximum absolute atomic E-state index is 13.4. The van der Waals surface area contributed by atoms with Gasteiger partial charge in [0.25, 0.3) is 0 Å². The van der Waals surface area contributed by atoms with Crippen LogP contribution in [0.2, 0.25) is 0 Å². The first-order valence-corrected chi connectivity index (χ1v) is 4.89. The van der Waals surface area contributed by atoms with Crippen LogP contribution in [0.1, 0.15) is 5.56 Å². The molecule has 4 heteroatoms. The van der Waals surface area contributed by atoms with E-state index in [0.29, 0.717) is 16.7 Å².